The lowest BCUT2D eigenvalue weighted by Crippen LogP contribution is -1.98. The first-order valence-electron chi connectivity index (χ1n) is 3.66. The van der Waals surface area contributed by atoms with Gasteiger partial charge in [0, 0.05) is 5.69 Å². The first kappa shape index (κ1) is 9.20. The number of rotatable bonds is 1. The van der Waals surface area contributed by atoms with Crippen molar-refractivity contribution in [3.8, 4) is 0 Å². The third-order valence-corrected chi connectivity index (χ3v) is 2.40. The van der Waals surface area contributed by atoms with Crippen molar-refractivity contribution < 1.29 is 4.79 Å². The molecular formula is C9H10ClNO. The van der Waals surface area contributed by atoms with Gasteiger partial charge < -0.3 is 0 Å². The Labute approximate surface area is 76.6 Å². The van der Waals surface area contributed by atoms with E-state index in [0.29, 0.717) is 10.7 Å². The molecular weight excluding hydrogens is 174 g/mol. The Bertz CT molecular complexity index is 334. The van der Waals surface area contributed by atoms with E-state index in [1.807, 2.05) is 20.8 Å². The van der Waals surface area contributed by atoms with Crippen LogP contribution in [-0.4, -0.2) is 11.3 Å². The Balaban J connectivity index is 3.51. The van der Waals surface area contributed by atoms with Crippen molar-refractivity contribution in [2.45, 2.75) is 20.8 Å². The van der Waals surface area contributed by atoms with Crippen LogP contribution in [0.2, 0.25) is 5.15 Å². The molecule has 0 amide bonds. The molecule has 0 fully saturated rings. The average Bonchev–Trinajstić information content (AvgIpc) is 2.01. The van der Waals surface area contributed by atoms with Crippen LogP contribution < -0.4 is 0 Å². The number of halogens is 1. The molecule has 1 aromatic rings. The van der Waals surface area contributed by atoms with Gasteiger partial charge in [-0.25, -0.2) is 4.98 Å². The zero-order valence-corrected chi connectivity index (χ0v) is 8.07. The molecule has 1 rings (SSSR count). The topological polar surface area (TPSA) is 30.0 Å². The third-order valence-electron chi connectivity index (χ3n) is 2.12. The standard InChI is InChI=1S/C9H10ClNO/c1-5-6(2)8(4-12)9(10)11-7(5)3/h4H,1-3H3. The van der Waals surface area contributed by atoms with Crippen molar-refractivity contribution in [2.75, 3.05) is 0 Å². The van der Waals surface area contributed by atoms with Crippen LogP contribution in [0.4, 0.5) is 0 Å². The molecule has 64 valence electrons. The molecule has 12 heavy (non-hydrogen) atoms. The van der Waals surface area contributed by atoms with E-state index in [0.717, 1.165) is 23.1 Å². The number of nitrogens with zero attached hydrogens (tertiary/aromatic N) is 1. The normalized spacial score (nSPS) is 10.0. The molecule has 0 bridgehead atoms. The van der Waals surface area contributed by atoms with Crippen LogP contribution in [0.5, 0.6) is 0 Å². The minimum absolute atomic E-state index is 0.297. The fourth-order valence-electron chi connectivity index (χ4n) is 1.06. The second-order valence-corrected chi connectivity index (χ2v) is 3.13. The highest BCUT2D eigenvalue weighted by molar-refractivity contribution is 6.31. The molecule has 2 nitrogen and oxygen atoms in total. The molecule has 1 aromatic heterocycles. The molecule has 0 N–H and O–H groups in total. The maximum atomic E-state index is 10.6. The maximum Gasteiger partial charge on any atom is 0.153 e. The minimum atomic E-state index is 0.297. The van der Waals surface area contributed by atoms with Crippen LogP contribution in [0.3, 0.4) is 0 Å². The molecule has 0 aliphatic carbocycles. The van der Waals surface area contributed by atoms with Crippen molar-refractivity contribution >= 4 is 17.9 Å². The molecule has 0 saturated heterocycles. The van der Waals surface area contributed by atoms with Gasteiger partial charge in [0.05, 0.1) is 5.56 Å². The summed E-state index contributed by atoms with van der Waals surface area (Å²) < 4.78 is 0. The molecule has 0 aliphatic heterocycles. The Morgan fingerprint density at radius 2 is 1.83 bits per heavy atom. The van der Waals surface area contributed by atoms with E-state index in [-0.39, 0.29) is 0 Å². The van der Waals surface area contributed by atoms with E-state index in [1.165, 1.54) is 0 Å². The second-order valence-electron chi connectivity index (χ2n) is 2.77. The molecule has 0 aromatic carbocycles. The van der Waals surface area contributed by atoms with Gasteiger partial charge >= 0.3 is 0 Å². The van der Waals surface area contributed by atoms with E-state index in [9.17, 15) is 4.79 Å². The number of aromatic nitrogens is 1. The summed E-state index contributed by atoms with van der Waals surface area (Å²) in [4.78, 5) is 14.6. The maximum absolute atomic E-state index is 10.6. The van der Waals surface area contributed by atoms with Crippen molar-refractivity contribution in [1.82, 2.24) is 4.98 Å². The highest BCUT2D eigenvalue weighted by atomic mass is 35.5. The summed E-state index contributed by atoms with van der Waals surface area (Å²) in [5.41, 5.74) is 3.33. The number of hydrogen-bond donors (Lipinski definition) is 0. The predicted octanol–water partition coefficient (Wildman–Crippen LogP) is 2.47. The number of aldehydes is 1. The molecule has 0 unspecified atom stereocenters. The van der Waals surface area contributed by atoms with E-state index in [4.69, 9.17) is 11.6 Å². The lowest BCUT2D eigenvalue weighted by molar-refractivity contribution is 0.112. The van der Waals surface area contributed by atoms with Crippen LogP contribution >= 0.6 is 11.6 Å². The van der Waals surface area contributed by atoms with E-state index in [2.05, 4.69) is 4.98 Å². The lowest BCUT2D eigenvalue weighted by atomic mass is 10.1. The van der Waals surface area contributed by atoms with Crippen molar-refractivity contribution in [3.05, 3.63) is 27.5 Å². The minimum Gasteiger partial charge on any atom is -0.298 e. The van der Waals surface area contributed by atoms with Gasteiger partial charge in [0.15, 0.2) is 6.29 Å². The second kappa shape index (κ2) is 3.23. The number of hydrogen-bond acceptors (Lipinski definition) is 2. The van der Waals surface area contributed by atoms with Crippen molar-refractivity contribution in [1.29, 1.82) is 0 Å². The monoisotopic (exact) mass is 183 g/mol. The molecule has 0 radical (unpaired) electrons. The Hall–Kier alpha value is -0.890. The van der Waals surface area contributed by atoms with Gasteiger partial charge in [-0.05, 0) is 31.9 Å². The molecule has 3 heteroatoms. The molecule has 1 heterocycles. The molecule has 0 aliphatic rings. The average molecular weight is 184 g/mol. The highest BCUT2D eigenvalue weighted by Crippen LogP contribution is 2.20. The number of carbonyl (C=O) groups excluding carboxylic acids is 1. The van der Waals surface area contributed by atoms with Gasteiger partial charge in [0.1, 0.15) is 5.15 Å². The number of pyridine rings is 1. The first-order chi connectivity index (χ1) is 5.57. The van der Waals surface area contributed by atoms with Crippen LogP contribution in [0.1, 0.15) is 27.2 Å². The van der Waals surface area contributed by atoms with E-state index in [1.54, 1.807) is 0 Å². The van der Waals surface area contributed by atoms with Crippen LogP contribution in [0, 0.1) is 20.8 Å². The molecule has 0 atom stereocenters. The largest absolute Gasteiger partial charge is 0.298 e. The number of aryl methyl sites for hydroxylation is 1. The summed E-state index contributed by atoms with van der Waals surface area (Å²) in [5, 5.41) is 0.297. The first-order valence-corrected chi connectivity index (χ1v) is 4.04. The van der Waals surface area contributed by atoms with Crippen LogP contribution in [0.25, 0.3) is 0 Å². The van der Waals surface area contributed by atoms with Gasteiger partial charge in [-0.2, -0.15) is 0 Å². The van der Waals surface area contributed by atoms with Gasteiger partial charge in [0.2, 0.25) is 0 Å². The van der Waals surface area contributed by atoms with Crippen LogP contribution in [-0.2, 0) is 0 Å². The van der Waals surface area contributed by atoms with Gasteiger partial charge in [-0.15, -0.1) is 0 Å². The Morgan fingerprint density at radius 3 is 2.33 bits per heavy atom. The fraction of sp³-hybridized carbons (Fsp3) is 0.333. The summed E-state index contributed by atoms with van der Waals surface area (Å²) in [5.74, 6) is 0. The van der Waals surface area contributed by atoms with Crippen LogP contribution in [0.15, 0.2) is 0 Å². The summed E-state index contributed by atoms with van der Waals surface area (Å²) in [6.45, 7) is 5.68. The lowest BCUT2D eigenvalue weighted by Gasteiger charge is -2.07. The van der Waals surface area contributed by atoms with E-state index < -0.39 is 0 Å². The fourth-order valence-corrected chi connectivity index (χ4v) is 1.37. The quantitative estimate of drug-likeness (QED) is 0.495. The zero-order chi connectivity index (χ0) is 9.30. The number of carbonyl (C=O) groups is 1. The Kier molecular flexibility index (Phi) is 2.48. The highest BCUT2D eigenvalue weighted by Gasteiger charge is 2.09. The summed E-state index contributed by atoms with van der Waals surface area (Å²) in [6, 6.07) is 0. The summed E-state index contributed by atoms with van der Waals surface area (Å²) >= 11 is 5.76. The van der Waals surface area contributed by atoms with Crippen molar-refractivity contribution in [3.63, 3.8) is 0 Å². The zero-order valence-electron chi connectivity index (χ0n) is 7.31. The smallest absolute Gasteiger partial charge is 0.153 e. The third kappa shape index (κ3) is 1.34. The van der Waals surface area contributed by atoms with Gasteiger partial charge in [-0.1, -0.05) is 11.6 Å². The predicted molar refractivity (Wildman–Crippen MR) is 48.8 cm³/mol. The van der Waals surface area contributed by atoms with Crippen molar-refractivity contribution in [2.24, 2.45) is 0 Å². The molecule has 0 saturated carbocycles. The SMILES string of the molecule is Cc1nc(Cl)c(C=O)c(C)c1C. The Morgan fingerprint density at radius 1 is 1.25 bits per heavy atom. The summed E-state index contributed by atoms with van der Waals surface area (Å²) in [6.07, 6.45) is 0.747. The van der Waals surface area contributed by atoms with Gasteiger partial charge in [0.25, 0.3) is 0 Å². The van der Waals surface area contributed by atoms with Gasteiger partial charge in [-0.3, -0.25) is 4.79 Å². The van der Waals surface area contributed by atoms with E-state index >= 15 is 0 Å². The summed E-state index contributed by atoms with van der Waals surface area (Å²) in [7, 11) is 0. The molecule has 0 spiro atoms.